The fourth-order valence-corrected chi connectivity index (χ4v) is 3.64. The maximum atomic E-state index is 13.4. The number of amides is 2. The molecule has 0 fully saturated rings. The number of nitrogens with zero attached hydrogens (tertiary/aromatic N) is 2. The zero-order valence-electron chi connectivity index (χ0n) is 15.2. The number of allylic oxidation sites excluding steroid dienone is 3. The molecule has 0 aromatic heterocycles. The van der Waals surface area contributed by atoms with Crippen molar-refractivity contribution in [1.82, 2.24) is 10.2 Å². The number of halogens is 1. The molecule has 4 rings (SSSR count). The van der Waals surface area contributed by atoms with E-state index in [1.54, 1.807) is 35.2 Å². The molecule has 28 heavy (non-hydrogen) atoms. The van der Waals surface area contributed by atoms with E-state index in [0.29, 0.717) is 11.4 Å². The van der Waals surface area contributed by atoms with Gasteiger partial charge in [0.2, 0.25) is 5.66 Å². The van der Waals surface area contributed by atoms with Crippen LogP contribution in [-0.2, 0) is 11.2 Å². The quantitative estimate of drug-likeness (QED) is 0.792. The van der Waals surface area contributed by atoms with Crippen molar-refractivity contribution in [2.24, 2.45) is 4.99 Å². The van der Waals surface area contributed by atoms with Crippen molar-refractivity contribution in [1.29, 1.82) is 0 Å². The maximum Gasteiger partial charge on any atom is 0.281 e. The molecular weight excluding hydrogens is 418 g/mol. The number of hydrogen-bond acceptors (Lipinski definition) is 3. The van der Waals surface area contributed by atoms with Crippen molar-refractivity contribution in [3.63, 3.8) is 0 Å². The first kappa shape index (κ1) is 18.4. The number of nitrogens with one attached hydrogen (secondary N) is 1. The van der Waals surface area contributed by atoms with Gasteiger partial charge in [0.25, 0.3) is 11.8 Å². The lowest BCUT2D eigenvalue weighted by Gasteiger charge is -2.28. The van der Waals surface area contributed by atoms with Gasteiger partial charge in [-0.2, -0.15) is 0 Å². The molecule has 1 atom stereocenters. The van der Waals surface area contributed by atoms with Crippen molar-refractivity contribution in [3.8, 4) is 0 Å². The normalized spacial score (nSPS) is 20.5. The van der Waals surface area contributed by atoms with Gasteiger partial charge in [-0.15, -0.1) is 0 Å². The lowest BCUT2D eigenvalue weighted by Crippen LogP contribution is -2.55. The van der Waals surface area contributed by atoms with Crippen LogP contribution in [0.1, 0.15) is 22.8 Å². The van der Waals surface area contributed by atoms with Crippen molar-refractivity contribution < 1.29 is 9.59 Å². The highest BCUT2D eigenvalue weighted by Gasteiger charge is 2.50. The molecule has 0 radical (unpaired) electrons. The summed E-state index contributed by atoms with van der Waals surface area (Å²) in [5.41, 5.74) is 0.774. The lowest BCUT2D eigenvalue weighted by molar-refractivity contribution is -0.130. The number of carbonyl (C=O) groups excluding carboxylic acids is 2. The molecule has 0 spiro atoms. The molecule has 5 nitrogen and oxygen atoms in total. The van der Waals surface area contributed by atoms with Crippen LogP contribution in [0.25, 0.3) is 0 Å². The lowest BCUT2D eigenvalue weighted by atomic mass is 9.98. The van der Waals surface area contributed by atoms with Crippen LogP contribution in [-0.4, -0.2) is 28.2 Å². The van der Waals surface area contributed by atoms with Crippen LogP contribution in [0, 0.1) is 0 Å². The van der Waals surface area contributed by atoms with Gasteiger partial charge in [-0.05, 0) is 48.9 Å². The van der Waals surface area contributed by atoms with Gasteiger partial charge in [-0.3, -0.25) is 14.5 Å². The molecule has 0 bridgehead atoms. The second-order valence-corrected chi connectivity index (χ2v) is 7.68. The summed E-state index contributed by atoms with van der Waals surface area (Å²) in [5, 5.41) is 2.91. The second kappa shape index (κ2) is 7.20. The van der Waals surface area contributed by atoms with E-state index in [2.05, 4.69) is 26.2 Å². The molecule has 2 aromatic carbocycles. The van der Waals surface area contributed by atoms with E-state index in [0.717, 1.165) is 15.7 Å². The van der Waals surface area contributed by atoms with Crippen molar-refractivity contribution in [2.75, 3.05) is 0 Å². The Hall–Kier alpha value is -2.99. The van der Waals surface area contributed by atoms with Crippen LogP contribution in [0.2, 0.25) is 0 Å². The molecule has 140 valence electrons. The minimum Gasteiger partial charge on any atom is -0.320 e. The first-order valence-corrected chi connectivity index (χ1v) is 9.69. The highest BCUT2D eigenvalue weighted by atomic mass is 79.9. The topological polar surface area (TPSA) is 61.8 Å². The molecule has 2 aromatic rings. The first-order valence-electron chi connectivity index (χ1n) is 8.90. The SMILES string of the molecule is CC1=CC=CC2=NC(Cc3ccc(Br)cc3)(NC(=O)c3ccccc3)C(=O)N12. The molecule has 0 saturated carbocycles. The predicted octanol–water partition coefficient (Wildman–Crippen LogP) is 3.83. The van der Waals surface area contributed by atoms with Crippen LogP contribution < -0.4 is 5.32 Å². The van der Waals surface area contributed by atoms with E-state index in [-0.39, 0.29) is 18.2 Å². The van der Waals surface area contributed by atoms with Gasteiger partial charge >= 0.3 is 0 Å². The van der Waals surface area contributed by atoms with Gasteiger partial charge < -0.3 is 5.32 Å². The molecule has 2 heterocycles. The number of fused-ring (bicyclic) bond motifs is 1. The second-order valence-electron chi connectivity index (χ2n) is 6.76. The van der Waals surface area contributed by atoms with Gasteiger partial charge in [-0.25, -0.2) is 4.99 Å². The zero-order valence-corrected chi connectivity index (χ0v) is 16.8. The van der Waals surface area contributed by atoms with E-state index < -0.39 is 5.66 Å². The highest BCUT2D eigenvalue weighted by molar-refractivity contribution is 9.10. The molecule has 2 aliphatic heterocycles. The Balaban J connectivity index is 1.73. The Kier molecular flexibility index (Phi) is 4.73. The largest absolute Gasteiger partial charge is 0.320 e. The number of amidine groups is 1. The number of rotatable bonds is 4. The van der Waals surface area contributed by atoms with E-state index in [1.807, 2.05) is 49.4 Å². The van der Waals surface area contributed by atoms with Gasteiger partial charge in [0.1, 0.15) is 5.84 Å². The molecule has 1 unspecified atom stereocenters. The zero-order chi connectivity index (χ0) is 19.7. The van der Waals surface area contributed by atoms with Crippen LogP contribution in [0.4, 0.5) is 0 Å². The van der Waals surface area contributed by atoms with Crippen LogP contribution in [0.15, 0.2) is 88.0 Å². The van der Waals surface area contributed by atoms with Crippen LogP contribution in [0.3, 0.4) is 0 Å². The fourth-order valence-electron chi connectivity index (χ4n) is 3.37. The minimum absolute atomic E-state index is 0.257. The molecule has 0 saturated heterocycles. The van der Waals surface area contributed by atoms with Gasteiger partial charge in [0.05, 0.1) is 0 Å². The Morgan fingerprint density at radius 2 is 1.86 bits per heavy atom. The summed E-state index contributed by atoms with van der Waals surface area (Å²) >= 11 is 3.42. The summed E-state index contributed by atoms with van der Waals surface area (Å²) in [4.78, 5) is 32.6. The molecule has 0 aliphatic carbocycles. The first-order chi connectivity index (χ1) is 13.5. The van der Waals surface area contributed by atoms with E-state index >= 15 is 0 Å². The third kappa shape index (κ3) is 3.31. The van der Waals surface area contributed by atoms with Gasteiger partial charge in [-0.1, -0.05) is 52.3 Å². The van der Waals surface area contributed by atoms with E-state index in [1.165, 1.54) is 0 Å². The van der Waals surface area contributed by atoms with E-state index in [4.69, 9.17) is 0 Å². The monoisotopic (exact) mass is 435 g/mol. The third-order valence-corrected chi connectivity index (χ3v) is 5.29. The Labute approximate surface area is 171 Å². The Morgan fingerprint density at radius 1 is 1.14 bits per heavy atom. The summed E-state index contributed by atoms with van der Waals surface area (Å²) in [5.74, 6) is -0.0517. The summed E-state index contributed by atoms with van der Waals surface area (Å²) in [6, 6.07) is 16.5. The average Bonchev–Trinajstić information content (AvgIpc) is 2.97. The summed E-state index contributed by atoms with van der Waals surface area (Å²) in [6.45, 7) is 1.85. The number of carbonyl (C=O) groups is 2. The molecule has 2 amide bonds. The standard InChI is InChI=1S/C22H18BrN3O2/c1-15-6-5-9-19-24-22(21(28)26(15)19,14-16-10-12-18(23)13-11-16)25-20(27)17-7-3-2-4-8-17/h2-13H,14H2,1H3,(H,25,27). The van der Waals surface area contributed by atoms with Crippen LogP contribution >= 0.6 is 15.9 Å². The summed E-state index contributed by atoms with van der Waals surface area (Å²) < 4.78 is 0.946. The predicted molar refractivity (Wildman–Crippen MR) is 112 cm³/mol. The fraction of sp³-hybridized carbons (Fsp3) is 0.136. The number of benzene rings is 2. The Morgan fingerprint density at radius 3 is 2.54 bits per heavy atom. The van der Waals surface area contributed by atoms with Gasteiger partial charge in [0.15, 0.2) is 0 Å². The van der Waals surface area contributed by atoms with Crippen molar-refractivity contribution >= 4 is 33.6 Å². The third-order valence-electron chi connectivity index (χ3n) is 4.76. The molecule has 1 N–H and O–H groups in total. The smallest absolute Gasteiger partial charge is 0.281 e. The molecule has 6 heteroatoms. The Bertz CT molecular complexity index is 1030. The number of aliphatic imine (C=N–C) groups is 1. The molecule has 2 aliphatic rings. The van der Waals surface area contributed by atoms with Crippen molar-refractivity contribution in [3.05, 3.63) is 94.1 Å². The summed E-state index contributed by atoms with van der Waals surface area (Å²) in [6.07, 6.45) is 5.75. The highest BCUT2D eigenvalue weighted by Crippen LogP contribution is 2.30. The summed E-state index contributed by atoms with van der Waals surface area (Å²) in [7, 11) is 0. The van der Waals surface area contributed by atoms with Crippen molar-refractivity contribution in [2.45, 2.75) is 19.0 Å². The van der Waals surface area contributed by atoms with E-state index in [9.17, 15) is 9.59 Å². The number of hydrogen-bond donors (Lipinski definition) is 1. The average molecular weight is 436 g/mol. The molecular formula is C22H18BrN3O2. The minimum atomic E-state index is -1.39. The van der Waals surface area contributed by atoms with Crippen LogP contribution in [0.5, 0.6) is 0 Å². The van der Waals surface area contributed by atoms with Gasteiger partial charge in [0, 0.05) is 22.2 Å². The maximum absolute atomic E-state index is 13.4.